The van der Waals surface area contributed by atoms with Crippen LogP contribution in [0.15, 0.2) is 41.4 Å². The van der Waals surface area contributed by atoms with Crippen LogP contribution in [0.3, 0.4) is 0 Å². The molecule has 11 heteroatoms. The molecule has 0 radical (unpaired) electrons. The van der Waals surface area contributed by atoms with Crippen LogP contribution in [-0.4, -0.2) is 25.4 Å². The van der Waals surface area contributed by atoms with Gasteiger partial charge in [-0.15, -0.1) is 0 Å². The molecule has 0 saturated heterocycles. The van der Waals surface area contributed by atoms with Gasteiger partial charge >= 0.3 is 15.6 Å². The molecule has 2 aromatic carbocycles. The van der Waals surface area contributed by atoms with Gasteiger partial charge in [-0.25, -0.2) is 9.38 Å². The van der Waals surface area contributed by atoms with Crippen molar-refractivity contribution in [3.63, 3.8) is 0 Å². The lowest BCUT2D eigenvalue weighted by Gasteiger charge is -2.31. The van der Waals surface area contributed by atoms with Gasteiger partial charge in [-0.1, -0.05) is 11.6 Å². The van der Waals surface area contributed by atoms with Crippen LogP contribution in [0.25, 0.3) is 0 Å². The van der Waals surface area contributed by atoms with Gasteiger partial charge in [-0.2, -0.15) is 21.6 Å². The highest BCUT2D eigenvalue weighted by atomic mass is 35.5. The second-order valence-electron chi connectivity index (χ2n) is 6.28. The predicted octanol–water partition coefficient (Wildman–Crippen LogP) is 4.67. The fourth-order valence-electron chi connectivity index (χ4n) is 2.52. The first-order valence-corrected chi connectivity index (χ1v) is 9.47. The molecule has 0 atom stereocenters. The van der Waals surface area contributed by atoms with Gasteiger partial charge in [0.15, 0.2) is 5.72 Å². The van der Waals surface area contributed by atoms with Crippen molar-refractivity contribution in [2.75, 3.05) is 0 Å². The Kier molecular flexibility index (Phi) is 4.83. The lowest BCUT2D eigenvalue weighted by molar-refractivity contribution is -0.0500. The molecular weight excluding hydrogens is 426 g/mol. The molecule has 0 N–H and O–H groups in total. The second kappa shape index (κ2) is 6.63. The minimum Gasteiger partial charge on any atom is -0.466 e. The minimum atomic E-state index is -5.88. The topological polar surface area (TPSA) is 65.0 Å². The van der Waals surface area contributed by atoms with E-state index in [0.29, 0.717) is 11.3 Å². The zero-order chi connectivity index (χ0) is 20.9. The van der Waals surface area contributed by atoms with Crippen molar-refractivity contribution in [1.82, 2.24) is 0 Å². The van der Waals surface area contributed by atoms with E-state index in [4.69, 9.17) is 16.3 Å². The van der Waals surface area contributed by atoms with E-state index in [0.717, 1.165) is 12.1 Å². The number of hydrogen-bond donors (Lipinski definition) is 0. The quantitative estimate of drug-likeness (QED) is 0.397. The molecule has 150 valence electrons. The highest BCUT2D eigenvalue weighted by Crippen LogP contribution is 2.41. The van der Waals surface area contributed by atoms with Gasteiger partial charge in [-0.05, 0) is 38.1 Å². The molecule has 2 aromatic rings. The Balaban J connectivity index is 2.12. The largest absolute Gasteiger partial charge is 0.534 e. The van der Waals surface area contributed by atoms with Gasteiger partial charge in [0.2, 0.25) is 0 Å². The Morgan fingerprint density at radius 3 is 2.32 bits per heavy atom. The van der Waals surface area contributed by atoms with E-state index in [1.165, 1.54) is 24.3 Å². The number of halogens is 5. The Morgan fingerprint density at radius 2 is 1.75 bits per heavy atom. The molecule has 28 heavy (non-hydrogen) atoms. The molecule has 0 aromatic heterocycles. The van der Waals surface area contributed by atoms with Crippen molar-refractivity contribution in [2.24, 2.45) is 4.99 Å². The first-order valence-electron chi connectivity index (χ1n) is 7.68. The first kappa shape index (κ1) is 20.4. The SMILES string of the molecule is CC1(C)N=C(c2ccc(F)cc2)c2c(Cl)cc(OS(=O)(=O)C(F)(F)F)cc2O1. The summed E-state index contributed by atoms with van der Waals surface area (Å²) in [4.78, 5) is 4.41. The van der Waals surface area contributed by atoms with Crippen LogP contribution in [0.4, 0.5) is 17.6 Å². The summed E-state index contributed by atoms with van der Waals surface area (Å²) >= 11 is 6.17. The van der Waals surface area contributed by atoms with Crippen LogP contribution in [0.2, 0.25) is 5.02 Å². The Hall–Kier alpha value is -2.33. The zero-order valence-electron chi connectivity index (χ0n) is 14.3. The van der Waals surface area contributed by atoms with Crippen molar-refractivity contribution < 1.29 is 34.9 Å². The van der Waals surface area contributed by atoms with E-state index in [9.17, 15) is 26.0 Å². The lowest BCUT2D eigenvalue weighted by Crippen LogP contribution is -2.33. The third-order valence-corrected chi connectivity index (χ3v) is 4.89. The normalized spacial score (nSPS) is 16.0. The van der Waals surface area contributed by atoms with Crippen LogP contribution in [-0.2, 0) is 10.1 Å². The smallest absolute Gasteiger partial charge is 0.466 e. The number of aliphatic imine (C=N–C) groups is 1. The van der Waals surface area contributed by atoms with Gasteiger partial charge in [-0.3, -0.25) is 0 Å². The maximum absolute atomic E-state index is 13.2. The van der Waals surface area contributed by atoms with E-state index < -0.39 is 32.9 Å². The van der Waals surface area contributed by atoms with Crippen molar-refractivity contribution >= 4 is 27.4 Å². The number of nitrogens with zero attached hydrogens (tertiary/aromatic N) is 1. The van der Waals surface area contributed by atoms with Crippen LogP contribution < -0.4 is 8.92 Å². The Morgan fingerprint density at radius 1 is 1.14 bits per heavy atom. The average molecular weight is 438 g/mol. The molecule has 0 bridgehead atoms. The van der Waals surface area contributed by atoms with E-state index >= 15 is 0 Å². The standard InChI is InChI=1S/C17H12ClF4NO4S/c1-16(2)23-15(9-3-5-10(19)6-4-9)14-12(18)7-11(8-13(14)26-16)27-28(24,25)17(20,21)22/h3-8H,1-2H3. The highest BCUT2D eigenvalue weighted by molar-refractivity contribution is 7.88. The predicted molar refractivity (Wildman–Crippen MR) is 93.8 cm³/mol. The third-order valence-electron chi connectivity index (χ3n) is 3.61. The summed E-state index contributed by atoms with van der Waals surface area (Å²) < 4.78 is 83.2. The van der Waals surface area contributed by atoms with E-state index in [-0.39, 0.29) is 16.3 Å². The summed E-state index contributed by atoms with van der Waals surface area (Å²) in [6.45, 7) is 3.15. The van der Waals surface area contributed by atoms with E-state index in [1.807, 2.05) is 0 Å². The molecule has 0 aliphatic carbocycles. The molecule has 1 aliphatic rings. The number of benzene rings is 2. The van der Waals surface area contributed by atoms with Crippen LogP contribution in [0.5, 0.6) is 11.5 Å². The Labute approximate surface area is 162 Å². The second-order valence-corrected chi connectivity index (χ2v) is 8.22. The minimum absolute atomic E-state index is 0.0285. The fraction of sp³-hybridized carbons (Fsp3) is 0.235. The van der Waals surface area contributed by atoms with E-state index in [1.54, 1.807) is 13.8 Å². The first-order chi connectivity index (χ1) is 12.8. The van der Waals surface area contributed by atoms with Crippen LogP contribution in [0.1, 0.15) is 25.0 Å². The molecule has 0 spiro atoms. The number of hydrogen-bond acceptors (Lipinski definition) is 5. The molecule has 0 unspecified atom stereocenters. The molecule has 1 heterocycles. The third kappa shape index (κ3) is 3.93. The van der Waals surface area contributed by atoms with Gasteiger partial charge in [0.05, 0.1) is 16.3 Å². The summed E-state index contributed by atoms with van der Waals surface area (Å²) in [6, 6.07) is 7.21. The molecule has 0 fully saturated rings. The number of alkyl halides is 3. The van der Waals surface area contributed by atoms with Crippen LogP contribution >= 0.6 is 11.6 Å². The summed E-state index contributed by atoms with van der Waals surface area (Å²) in [6.07, 6.45) is 0. The summed E-state index contributed by atoms with van der Waals surface area (Å²) in [5, 5.41) is -0.150. The summed E-state index contributed by atoms with van der Waals surface area (Å²) in [5.74, 6) is -1.17. The zero-order valence-corrected chi connectivity index (χ0v) is 15.9. The van der Waals surface area contributed by atoms with Crippen molar-refractivity contribution in [3.8, 4) is 11.5 Å². The number of ether oxygens (including phenoxy) is 1. The maximum Gasteiger partial charge on any atom is 0.534 e. The molecule has 3 rings (SSSR count). The summed E-state index contributed by atoms with van der Waals surface area (Å²) in [7, 11) is -5.88. The average Bonchev–Trinajstić information content (AvgIpc) is 2.51. The van der Waals surface area contributed by atoms with Gasteiger partial charge in [0, 0.05) is 17.7 Å². The van der Waals surface area contributed by atoms with Gasteiger partial charge in [0.25, 0.3) is 0 Å². The lowest BCUT2D eigenvalue weighted by atomic mass is 9.98. The maximum atomic E-state index is 13.2. The molecule has 0 amide bonds. The van der Waals surface area contributed by atoms with Gasteiger partial charge in [0.1, 0.15) is 17.3 Å². The van der Waals surface area contributed by atoms with E-state index in [2.05, 4.69) is 9.18 Å². The monoisotopic (exact) mass is 437 g/mol. The van der Waals surface area contributed by atoms with Crippen molar-refractivity contribution in [1.29, 1.82) is 0 Å². The highest BCUT2D eigenvalue weighted by Gasteiger charge is 2.48. The van der Waals surface area contributed by atoms with Crippen molar-refractivity contribution in [3.05, 3.63) is 58.4 Å². The Bertz CT molecular complexity index is 1060. The molecule has 5 nitrogen and oxygen atoms in total. The van der Waals surface area contributed by atoms with Crippen molar-refractivity contribution in [2.45, 2.75) is 25.1 Å². The number of rotatable bonds is 3. The number of fused-ring (bicyclic) bond motifs is 1. The molecule has 1 aliphatic heterocycles. The van der Waals surface area contributed by atoms with Gasteiger partial charge < -0.3 is 8.92 Å². The fourth-order valence-corrected chi connectivity index (χ4v) is 3.26. The molecule has 0 saturated carbocycles. The molecular formula is C17H12ClF4NO4S. The summed E-state index contributed by atoms with van der Waals surface area (Å²) in [5.41, 5.74) is -5.75. The van der Waals surface area contributed by atoms with Crippen LogP contribution in [0, 0.1) is 5.82 Å².